The van der Waals surface area contributed by atoms with Crippen LogP contribution in [0.15, 0.2) is 36.4 Å². The monoisotopic (exact) mass is 402 g/mol. The van der Waals surface area contributed by atoms with Crippen molar-refractivity contribution in [3.8, 4) is 11.5 Å². The smallest absolute Gasteiger partial charge is 0.196 e. The zero-order valence-corrected chi connectivity index (χ0v) is 13.9. The van der Waals surface area contributed by atoms with Crippen molar-refractivity contribution in [3.63, 3.8) is 0 Å². The SMILES string of the molecule is COc1ccc(C(=O)c2ccc(I)c(Cl)c2)c(OC)c1. The summed E-state index contributed by atoms with van der Waals surface area (Å²) >= 11 is 8.17. The Kier molecular flexibility index (Phi) is 4.88. The van der Waals surface area contributed by atoms with Crippen LogP contribution < -0.4 is 9.47 Å². The van der Waals surface area contributed by atoms with E-state index in [1.807, 2.05) is 6.07 Å². The molecule has 3 nitrogen and oxygen atoms in total. The maximum absolute atomic E-state index is 12.5. The van der Waals surface area contributed by atoms with Gasteiger partial charge < -0.3 is 9.47 Å². The summed E-state index contributed by atoms with van der Waals surface area (Å²) in [6.45, 7) is 0. The van der Waals surface area contributed by atoms with Gasteiger partial charge in [0, 0.05) is 15.2 Å². The van der Waals surface area contributed by atoms with Crippen LogP contribution in [-0.2, 0) is 0 Å². The summed E-state index contributed by atoms with van der Waals surface area (Å²) in [5, 5.41) is 0.559. The summed E-state index contributed by atoms with van der Waals surface area (Å²) in [6.07, 6.45) is 0. The minimum atomic E-state index is -0.136. The Labute approximate surface area is 136 Å². The Bertz CT molecular complexity index is 656. The van der Waals surface area contributed by atoms with Crippen molar-refractivity contribution in [2.45, 2.75) is 0 Å². The van der Waals surface area contributed by atoms with E-state index >= 15 is 0 Å². The summed E-state index contributed by atoms with van der Waals surface area (Å²) < 4.78 is 11.3. The molecule has 0 fully saturated rings. The van der Waals surface area contributed by atoms with Crippen molar-refractivity contribution in [3.05, 3.63) is 56.1 Å². The van der Waals surface area contributed by atoms with Crippen molar-refractivity contribution in [2.24, 2.45) is 0 Å². The second-order valence-electron chi connectivity index (χ2n) is 4.02. The molecule has 0 amide bonds. The van der Waals surface area contributed by atoms with E-state index in [9.17, 15) is 4.79 Å². The topological polar surface area (TPSA) is 35.5 Å². The van der Waals surface area contributed by atoms with E-state index in [-0.39, 0.29) is 5.78 Å². The molecule has 0 atom stereocenters. The zero-order chi connectivity index (χ0) is 14.7. The molecule has 5 heteroatoms. The van der Waals surface area contributed by atoms with Crippen LogP contribution in [0.25, 0.3) is 0 Å². The molecule has 0 spiro atoms. The molecule has 2 aromatic carbocycles. The summed E-state index contributed by atoms with van der Waals surface area (Å²) in [6, 6.07) is 10.3. The van der Waals surface area contributed by atoms with E-state index in [0.717, 1.165) is 3.57 Å². The van der Waals surface area contributed by atoms with E-state index in [0.29, 0.717) is 27.6 Å². The number of ether oxygens (including phenoxy) is 2. The number of hydrogen-bond donors (Lipinski definition) is 0. The highest BCUT2D eigenvalue weighted by molar-refractivity contribution is 14.1. The third-order valence-corrected chi connectivity index (χ3v) is 4.41. The minimum Gasteiger partial charge on any atom is -0.497 e. The highest BCUT2D eigenvalue weighted by Gasteiger charge is 2.16. The van der Waals surface area contributed by atoms with Crippen molar-refractivity contribution in [1.82, 2.24) is 0 Å². The lowest BCUT2D eigenvalue weighted by atomic mass is 10.0. The lowest BCUT2D eigenvalue weighted by Gasteiger charge is -2.10. The highest BCUT2D eigenvalue weighted by Crippen LogP contribution is 2.28. The largest absolute Gasteiger partial charge is 0.497 e. The molecule has 0 aliphatic rings. The Morgan fingerprint density at radius 3 is 2.45 bits per heavy atom. The first kappa shape index (κ1) is 15.1. The molecule has 104 valence electrons. The van der Waals surface area contributed by atoms with E-state index in [4.69, 9.17) is 21.1 Å². The first-order valence-corrected chi connectivity index (χ1v) is 7.24. The third kappa shape index (κ3) is 3.07. The minimum absolute atomic E-state index is 0.136. The lowest BCUT2D eigenvalue weighted by molar-refractivity contribution is 0.103. The lowest BCUT2D eigenvalue weighted by Crippen LogP contribution is -2.04. The van der Waals surface area contributed by atoms with Gasteiger partial charge in [0.15, 0.2) is 5.78 Å². The summed E-state index contributed by atoms with van der Waals surface area (Å²) in [5.41, 5.74) is 1.00. The molecule has 2 aromatic rings. The predicted molar refractivity (Wildman–Crippen MR) is 87.1 cm³/mol. The summed E-state index contributed by atoms with van der Waals surface area (Å²) in [4.78, 5) is 12.5. The Balaban J connectivity index is 2.44. The van der Waals surface area contributed by atoms with Crippen LogP contribution in [0.3, 0.4) is 0 Å². The van der Waals surface area contributed by atoms with Gasteiger partial charge in [-0.15, -0.1) is 0 Å². The van der Waals surface area contributed by atoms with Crippen molar-refractivity contribution < 1.29 is 14.3 Å². The van der Waals surface area contributed by atoms with Gasteiger partial charge >= 0.3 is 0 Å². The fourth-order valence-electron chi connectivity index (χ4n) is 1.78. The molecular weight excluding hydrogens is 391 g/mol. The number of halogens is 2. The van der Waals surface area contributed by atoms with E-state index in [1.54, 1.807) is 37.4 Å². The van der Waals surface area contributed by atoms with Gasteiger partial charge in [-0.3, -0.25) is 4.79 Å². The number of carbonyl (C=O) groups excluding carboxylic acids is 1. The molecule has 0 aromatic heterocycles. The average Bonchev–Trinajstić information content (AvgIpc) is 2.48. The molecule has 2 rings (SSSR count). The fraction of sp³-hybridized carbons (Fsp3) is 0.133. The second-order valence-corrected chi connectivity index (χ2v) is 5.59. The first-order valence-electron chi connectivity index (χ1n) is 5.78. The molecule has 0 aliphatic heterocycles. The number of methoxy groups -OCH3 is 2. The van der Waals surface area contributed by atoms with Gasteiger partial charge in [0.1, 0.15) is 11.5 Å². The highest BCUT2D eigenvalue weighted by atomic mass is 127. The molecule has 0 heterocycles. The van der Waals surface area contributed by atoms with Gasteiger partial charge in [0.05, 0.1) is 24.8 Å². The normalized spacial score (nSPS) is 10.2. The standard InChI is InChI=1S/C15H12ClIO3/c1-19-10-4-5-11(14(8-10)20-2)15(18)9-3-6-13(17)12(16)7-9/h3-8H,1-2H3. The maximum atomic E-state index is 12.5. The summed E-state index contributed by atoms with van der Waals surface area (Å²) in [5.74, 6) is 0.978. The number of hydrogen-bond acceptors (Lipinski definition) is 3. The number of carbonyl (C=O) groups is 1. The molecule has 0 bridgehead atoms. The van der Waals surface area contributed by atoms with E-state index in [2.05, 4.69) is 22.6 Å². The molecule has 0 saturated heterocycles. The molecular formula is C15H12ClIO3. The predicted octanol–water partition coefficient (Wildman–Crippen LogP) is 4.19. The van der Waals surface area contributed by atoms with Crippen LogP contribution in [0.5, 0.6) is 11.5 Å². The van der Waals surface area contributed by atoms with Gasteiger partial charge in [-0.2, -0.15) is 0 Å². The van der Waals surface area contributed by atoms with Gasteiger partial charge in [-0.1, -0.05) is 11.6 Å². The number of rotatable bonds is 4. The Morgan fingerprint density at radius 1 is 1.10 bits per heavy atom. The van der Waals surface area contributed by atoms with Crippen LogP contribution >= 0.6 is 34.2 Å². The van der Waals surface area contributed by atoms with Crippen molar-refractivity contribution >= 4 is 40.0 Å². The molecule has 0 N–H and O–H groups in total. The van der Waals surface area contributed by atoms with Crippen LogP contribution in [0, 0.1) is 3.57 Å². The van der Waals surface area contributed by atoms with Crippen molar-refractivity contribution in [2.75, 3.05) is 14.2 Å². The number of ketones is 1. The Hall–Kier alpha value is -1.27. The van der Waals surface area contributed by atoms with Crippen LogP contribution in [0.4, 0.5) is 0 Å². The summed E-state index contributed by atoms with van der Waals surface area (Å²) in [7, 11) is 3.08. The first-order chi connectivity index (χ1) is 9.56. The molecule has 0 unspecified atom stereocenters. The fourth-order valence-corrected chi connectivity index (χ4v) is 2.30. The van der Waals surface area contributed by atoms with Crippen LogP contribution in [0.1, 0.15) is 15.9 Å². The number of benzene rings is 2. The van der Waals surface area contributed by atoms with Gasteiger partial charge in [-0.25, -0.2) is 0 Å². The zero-order valence-electron chi connectivity index (χ0n) is 10.9. The van der Waals surface area contributed by atoms with Crippen molar-refractivity contribution in [1.29, 1.82) is 0 Å². The quantitative estimate of drug-likeness (QED) is 0.568. The van der Waals surface area contributed by atoms with E-state index < -0.39 is 0 Å². The molecule has 0 aliphatic carbocycles. The third-order valence-electron chi connectivity index (χ3n) is 2.84. The molecule has 0 saturated carbocycles. The second kappa shape index (κ2) is 6.45. The maximum Gasteiger partial charge on any atom is 0.196 e. The van der Waals surface area contributed by atoms with Gasteiger partial charge in [0.25, 0.3) is 0 Å². The van der Waals surface area contributed by atoms with Gasteiger partial charge in [0.2, 0.25) is 0 Å². The molecule has 20 heavy (non-hydrogen) atoms. The van der Waals surface area contributed by atoms with Crippen LogP contribution in [-0.4, -0.2) is 20.0 Å². The Morgan fingerprint density at radius 2 is 1.85 bits per heavy atom. The van der Waals surface area contributed by atoms with Gasteiger partial charge in [-0.05, 0) is 52.9 Å². The molecule has 0 radical (unpaired) electrons. The van der Waals surface area contributed by atoms with Crippen LogP contribution in [0.2, 0.25) is 5.02 Å². The average molecular weight is 403 g/mol. The van der Waals surface area contributed by atoms with E-state index in [1.165, 1.54) is 7.11 Å².